The first-order valence-electron chi connectivity index (χ1n) is 8.60. The van der Waals surface area contributed by atoms with Crippen molar-refractivity contribution < 1.29 is 19.1 Å². The van der Waals surface area contributed by atoms with E-state index in [1.54, 1.807) is 0 Å². The third-order valence-corrected chi connectivity index (χ3v) is 4.20. The minimum atomic E-state index is -0.837. The summed E-state index contributed by atoms with van der Waals surface area (Å²) in [4.78, 5) is 35.4. The number of nitrogens with one attached hydrogen (secondary N) is 2. The molecule has 1 aromatic rings. The molecule has 0 spiro atoms. The first-order chi connectivity index (χ1) is 12.0. The number of rotatable bonds is 8. The molecule has 7 heteroatoms. The fraction of sp³-hybridized carbons (Fsp3) is 0.500. The SMILES string of the molecule is NC(=O)CC[C@H](NC(=O)OCc1ccccc1)C(=O)NC1CCCC1. The summed E-state index contributed by atoms with van der Waals surface area (Å²) in [6.45, 7) is 0.111. The van der Waals surface area contributed by atoms with Crippen molar-refractivity contribution in [3.05, 3.63) is 35.9 Å². The third kappa shape index (κ3) is 6.82. The molecule has 4 N–H and O–H groups in total. The summed E-state index contributed by atoms with van der Waals surface area (Å²) in [5.41, 5.74) is 6.00. The summed E-state index contributed by atoms with van der Waals surface area (Å²) in [6.07, 6.45) is 3.52. The molecule has 1 aliphatic rings. The molecule has 0 radical (unpaired) electrons. The average molecular weight is 347 g/mol. The summed E-state index contributed by atoms with van der Waals surface area (Å²) in [6, 6.07) is 8.54. The molecular formula is C18H25N3O4. The molecule has 2 rings (SSSR count). The number of hydrogen-bond donors (Lipinski definition) is 3. The summed E-state index contributed by atoms with van der Waals surface area (Å²) in [5, 5.41) is 5.46. The normalized spacial score (nSPS) is 15.4. The van der Waals surface area contributed by atoms with Crippen LogP contribution >= 0.6 is 0 Å². The van der Waals surface area contributed by atoms with Gasteiger partial charge in [-0.3, -0.25) is 9.59 Å². The van der Waals surface area contributed by atoms with Crippen LogP contribution in [0.15, 0.2) is 30.3 Å². The van der Waals surface area contributed by atoms with E-state index < -0.39 is 18.0 Å². The Labute approximate surface area is 147 Å². The van der Waals surface area contributed by atoms with Crippen LogP contribution in [0.3, 0.4) is 0 Å². The van der Waals surface area contributed by atoms with Crippen molar-refractivity contribution in [1.29, 1.82) is 0 Å². The molecule has 1 fully saturated rings. The fourth-order valence-corrected chi connectivity index (χ4v) is 2.83. The summed E-state index contributed by atoms with van der Waals surface area (Å²) in [5.74, 6) is -0.817. The van der Waals surface area contributed by atoms with Gasteiger partial charge in [-0.15, -0.1) is 0 Å². The van der Waals surface area contributed by atoms with Gasteiger partial charge in [0.05, 0.1) is 0 Å². The number of hydrogen-bond acceptors (Lipinski definition) is 4. The Balaban J connectivity index is 1.86. The van der Waals surface area contributed by atoms with Gasteiger partial charge < -0.3 is 21.1 Å². The number of alkyl carbamates (subject to hydrolysis) is 1. The van der Waals surface area contributed by atoms with Crippen LogP contribution in [0.5, 0.6) is 0 Å². The van der Waals surface area contributed by atoms with Gasteiger partial charge in [-0.1, -0.05) is 43.2 Å². The van der Waals surface area contributed by atoms with Crippen molar-refractivity contribution in [3.8, 4) is 0 Å². The standard InChI is InChI=1S/C18H25N3O4/c19-16(22)11-10-15(17(23)20-14-8-4-5-9-14)21-18(24)25-12-13-6-2-1-3-7-13/h1-3,6-7,14-15H,4-5,8-12H2,(H2,19,22)(H,20,23)(H,21,24)/t15-/m0/s1. The quantitative estimate of drug-likeness (QED) is 0.663. The second-order valence-corrected chi connectivity index (χ2v) is 6.25. The van der Waals surface area contributed by atoms with E-state index in [2.05, 4.69) is 10.6 Å². The second-order valence-electron chi connectivity index (χ2n) is 6.25. The van der Waals surface area contributed by atoms with E-state index in [0.29, 0.717) is 0 Å². The van der Waals surface area contributed by atoms with Crippen LogP contribution in [-0.2, 0) is 20.9 Å². The molecule has 0 aliphatic heterocycles. The minimum absolute atomic E-state index is 0.0156. The van der Waals surface area contributed by atoms with Crippen LogP contribution in [0.1, 0.15) is 44.1 Å². The molecule has 3 amide bonds. The van der Waals surface area contributed by atoms with Crippen LogP contribution < -0.4 is 16.4 Å². The molecule has 1 saturated carbocycles. The zero-order valence-corrected chi connectivity index (χ0v) is 14.2. The first kappa shape index (κ1) is 18.8. The lowest BCUT2D eigenvalue weighted by molar-refractivity contribution is -0.124. The highest BCUT2D eigenvalue weighted by molar-refractivity contribution is 5.86. The summed E-state index contributed by atoms with van der Waals surface area (Å²) in [7, 11) is 0. The van der Waals surface area contributed by atoms with Gasteiger partial charge in [-0.25, -0.2) is 4.79 Å². The number of primary amides is 1. The summed E-state index contributed by atoms with van der Waals surface area (Å²) >= 11 is 0. The van der Waals surface area contributed by atoms with Gasteiger partial charge in [0.15, 0.2) is 0 Å². The maximum atomic E-state index is 12.4. The zero-order valence-electron chi connectivity index (χ0n) is 14.2. The van der Waals surface area contributed by atoms with E-state index in [0.717, 1.165) is 31.2 Å². The third-order valence-electron chi connectivity index (χ3n) is 4.20. The van der Waals surface area contributed by atoms with Gasteiger partial charge in [0.1, 0.15) is 12.6 Å². The maximum Gasteiger partial charge on any atom is 0.408 e. The van der Waals surface area contributed by atoms with Crippen molar-refractivity contribution in [2.45, 2.75) is 57.2 Å². The molecular weight excluding hydrogens is 322 g/mol. The van der Waals surface area contributed by atoms with E-state index in [1.807, 2.05) is 30.3 Å². The number of carbonyl (C=O) groups excluding carboxylic acids is 3. The molecule has 0 heterocycles. The predicted molar refractivity (Wildman–Crippen MR) is 92.4 cm³/mol. The highest BCUT2D eigenvalue weighted by atomic mass is 16.5. The molecule has 0 bridgehead atoms. The lowest BCUT2D eigenvalue weighted by atomic mass is 10.1. The zero-order chi connectivity index (χ0) is 18.1. The number of ether oxygens (including phenoxy) is 1. The lowest BCUT2D eigenvalue weighted by Gasteiger charge is -2.20. The Morgan fingerprint density at radius 1 is 1.16 bits per heavy atom. The largest absolute Gasteiger partial charge is 0.445 e. The van der Waals surface area contributed by atoms with Crippen molar-refractivity contribution in [1.82, 2.24) is 10.6 Å². The van der Waals surface area contributed by atoms with Gasteiger partial charge in [-0.2, -0.15) is 0 Å². The van der Waals surface area contributed by atoms with E-state index in [9.17, 15) is 14.4 Å². The fourth-order valence-electron chi connectivity index (χ4n) is 2.83. The van der Waals surface area contributed by atoms with Crippen molar-refractivity contribution in [2.24, 2.45) is 5.73 Å². The molecule has 136 valence electrons. The van der Waals surface area contributed by atoms with Gasteiger partial charge >= 0.3 is 6.09 Å². The monoisotopic (exact) mass is 347 g/mol. The Kier molecular flexibility index (Phi) is 7.25. The van der Waals surface area contributed by atoms with E-state index in [-0.39, 0.29) is 31.4 Å². The van der Waals surface area contributed by atoms with Crippen molar-refractivity contribution in [3.63, 3.8) is 0 Å². The maximum absolute atomic E-state index is 12.4. The molecule has 0 aromatic heterocycles. The summed E-state index contributed by atoms with van der Waals surface area (Å²) < 4.78 is 5.14. The predicted octanol–water partition coefficient (Wildman–Crippen LogP) is 1.61. The van der Waals surface area contributed by atoms with E-state index in [1.165, 1.54) is 0 Å². The number of carbonyl (C=O) groups is 3. The van der Waals surface area contributed by atoms with Crippen molar-refractivity contribution >= 4 is 17.9 Å². The van der Waals surface area contributed by atoms with Gasteiger partial charge in [0.2, 0.25) is 11.8 Å². The van der Waals surface area contributed by atoms with E-state index in [4.69, 9.17) is 10.5 Å². The van der Waals surface area contributed by atoms with Crippen LogP contribution in [-0.4, -0.2) is 30.0 Å². The average Bonchev–Trinajstić information content (AvgIpc) is 3.10. The van der Waals surface area contributed by atoms with Gasteiger partial charge in [-0.05, 0) is 24.8 Å². The van der Waals surface area contributed by atoms with Crippen LogP contribution in [0.4, 0.5) is 4.79 Å². The number of amides is 3. The smallest absolute Gasteiger partial charge is 0.408 e. The second kappa shape index (κ2) is 9.66. The van der Waals surface area contributed by atoms with Crippen LogP contribution in [0.2, 0.25) is 0 Å². The van der Waals surface area contributed by atoms with Gasteiger partial charge in [0, 0.05) is 12.5 Å². The Hall–Kier alpha value is -2.57. The molecule has 7 nitrogen and oxygen atoms in total. The first-order valence-corrected chi connectivity index (χ1v) is 8.60. The minimum Gasteiger partial charge on any atom is -0.445 e. The highest BCUT2D eigenvalue weighted by Gasteiger charge is 2.25. The number of nitrogens with two attached hydrogens (primary N) is 1. The van der Waals surface area contributed by atoms with Gasteiger partial charge in [0.25, 0.3) is 0 Å². The topological polar surface area (TPSA) is 111 Å². The molecule has 1 aliphatic carbocycles. The Morgan fingerprint density at radius 3 is 2.48 bits per heavy atom. The van der Waals surface area contributed by atoms with Crippen LogP contribution in [0.25, 0.3) is 0 Å². The Bertz CT molecular complexity index is 585. The molecule has 0 saturated heterocycles. The molecule has 1 aromatic carbocycles. The Morgan fingerprint density at radius 2 is 1.84 bits per heavy atom. The van der Waals surface area contributed by atoms with Crippen LogP contribution in [0, 0.1) is 0 Å². The molecule has 25 heavy (non-hydrogen) atoms. The number of benzene rings is 1. The lowest BCUT2D eigenvalue weighted by Crippen LogP contribution is -2.49. The van der Waals surface area contributed by atoms with E-state index >= 15 is 0 Å². The van der Waals surface area contributed by atoms with Crippen molar-refractivity contribution in [2.75, 3.05) is 0 Å². The highest BCUT2D eigenvalue weighted by Crippen LogP contribution is 2.18. The molecule has 1 atom stereocenters. The molecule has 0 unspecified atom stereocenters.